The van der Waals surface area contributed by atoms with Gasteiger partial charge in [-0.2, -0.15) is 0 Å². The van der Waals surface area contributed by atoms with Crippen LogP contribution in [0, 0.1) is 5.92 Å². The first kappa shape index (κ1) is 19.6. The van der Waals surface area contributed by atoms with E-state index in [4.69, 9.17) is 4.74 Å². The highest BCUT2D eigenvalue weighted by Crippen LogP contribution is 2.19. The highest BCUT2D eigenvalue weighted by atomic mass is 16.5. The molecule has 0 aromatic heterocycles. The maximum atomic E-state index is 5.62. The molecule has 140 valence electrons. The first-order valence-electron chi connectivity index (χ1n) is 9.61. The zero-order valence-electron chi connectivity index (χ0n) is 16.0. The van der Waals surface area contributed by atoms with E-state index >= 15 is 0 Å². The summed E-state index contributed by atoms with van der Waals surface area (Å²) in [5, 5.41) is 6.93. The molecule has 25 heavy (non-hydrogen) atoms. The minimum Gasteiger partial charge on any atom is -0.381 e. The zero-order valence-corrected chi connectivity index (χ0v) is 16.0. The fourth-order valence-electron chi connectivity index (χ4n) is 2.94. The first-order chi connectivity index (χ1) is 12.2. The van der Waals surface area contributed by atoms with Crippen LogP contribution >= 0.6 is 0 Å². The minimum atomic E-state index is 0.440. The van der Waals surface area contributed by atoms with Gasteiger partial charge in [0.2, 0.25) is 0 Å². The van der Waals surface area contributed by atoms with Gasteiger partial charge in [0.15, 0.2) is 5.96 Å². The van der Waals surface area contributed by atoms with Gasteiger partial charge < -0.3 is 20.3 Å². The number of nitrogens with zero attached hydrogens (tertiary/aromatic N) is 2. The van der Waals surface area contributed by atoms with Crippen molar-refractivity contribution in [1.29, 1.82) is 0 Å². The monoisotopic (exact) mass is 346 g/mol. The first-order valence-corrected chi connectivity index (χ1v) is 9.61. The Labute approximate surface area is 152 Å². The van der Waals surface area contributed by atoms with Crippen molar-refractivity contribution in [1.82, 2.24) is 10.6 Å². The van der Waals surface area contributed by atoms with Crippen LogP contribution in [0.2, 0.25) is 0 Å². The van der Waals surface area contributed by atoms with E-state index in [-0.39, 0.29) is 0 Å². The van der Waals surface area contributed by atoms with Crippen molar-refractivity contribution in [3.05, 3.63) is 30.3 Å². The molecule has 0 saturated carbocycles. The van der Waals surface area contributed by atoms with Gasteiger partial charge in [-0.05, 0) is 37.8 Å². The summed E-state index contributed by atoms with van der Waals surface area (Å²) < 4.78 is 5.62. The largest absolute Gasteiger partial charge is 0.381 e. The summed E-state index contributed by atoms with van der Waals surface area (Å²) in [5.41, 5.74) is 1.30. The third kappa shape index (κ3) is 7.34. The average Bonchev–Trinajstić information content (AvgIpc) is 3.07. The normalized spacial score (nSPS) is 18.0. The molecule has 0 spiro atoms. The van der Waals surface area contributed by atoms with E-state index in [1.165, 1.54) is 5.69 Å². The van der Waals surface area contributed by atoms with E-state index in [1.54, 1.807) is 0 Å². The number of nitrogens with one attached hydrogen (secondary N) is 2. The number of hydrogen-bond donors (Lipinski definition) is 2. The van der Waals surface area contributed by atoms with Crippen LogP contribution in [0.15, 0.2) is 35.3 Å². The van der Waals surface area contributed by atoms with Gasteiger partial charge in [-0.25, -0.2) is 0 Å². The van der Waals surface area contributed by atoms with Crippen LogP contribution in [0.4, 0.5) is 5.69 Å². The Balaban J connectivity index is 1.74. The van der Waals surface area contributed by atoms with E-state index < -0.39 is 0 Å². The Morgan fingerprint density at radius 1 is 1.32 bits per heavy atom. The lowest BCUT2D eigenvalue weighted by molar-refractivity contribution is 0.109. The molecular weight excluding hydrogens is 312 g/mol. The van der Waals surface area contributed by atoms with Gasteiger partial charge in [0.25, 0.3) is 0 Å². The van der Waals surface area contributed by atoms with Crippen molar-refractivity contribution in [2.24, 2.45) is 10.9 Å². The molecule has 1 atom stereocenters. The van der Waals surface area contributed by atoms with Crippen LogP contribution in [-0.4, -0.2) is 51.4 Å². The SMILES string of the molecule is CCNC(=NCCCOCC(C)C)NC1CCN(c2ccccc2)C1. The molecule has 2 rings (SSSR count). The number of guanidine groups is 1. The quantitative estimate of drug-likeness (QED) is 0.410. The van der Waals surface area contributed by atoms with E-state index in [9.17, 15) is 0 Å². The molecule has 1 aliphatic heterocycles. The van der Waals surface area contributed by atoms with E-state index in [2.05, 4.69) is 71.6 Å². The maximum Gasteiger partial charge on any atom is 0.191 e. The van der Waals surface area contributed by atoms with Crippen LogP contribution < -0.4 is 15.5 Å². The minimum absolute atomic E-state index is 0.440. The molecule has 1 aromatic rings. The molecule has 1 saturated heterocycles. The second-order valence-corrected chi connectivity index (χ2v) is 6.99. The number of aliphatic imine (C=N–C) groups is 1. The van der Waals surface area contributed by atoms with Crippen molar-refractivity contribution in [3.8, 4) is 0 Å². The third-order valence-electron chi connectivity index (χ3n) is 4.16. The number of benzene rings is 1. The highest BCUT2D eigenvalue weighted by Gasteiger charge is 2.23. The van der Waals surface area contributed by atoms with Crippen LogP contribution in [0.25, 0.3) is 0 Å². The van der Waals surface area contributed by atoms with Gasteiger partial charge in [-0.1, -0.05) is 32.0 Å². The molecule has 1 fully saturated rings. The topological polar surface area (TPSA) is 48.9 Å². The second-order valence-electron chi connectivity index (χ2n) is 6.99. The van der Waals surface area contributed by atoms with E-state index in [0.29, 0.717) is 12.0 Å². The predicted octanol–water partition coefficient (Wildman–Crippen LogP) is 2.88. The van der Waals surface area contributed by atoms with Gasteiger partial charge in [-0.3, -0.25) is 4.99 Å². The Kier molecular flexibility index (Phi) is 8.60. The van der Waals surface area contributed by atoms with Crippen molar-refractivity contribution in [2.45, 2.75) is 39.7 Å². The number of hydrogen-bond acceptors (Lipinski definition) is 3. The summed E-state index contributed by atoms with van der Waals surface area (Å²) in [4.78, 5) is 7.12. The average molecular weight is 347 g/mol. The van der Waals surface area contributed by atoms with Crippen molar-refractivity contribution < 1.29 is 4.74 Å². The van der Waals surface area contributed by atoms with Gasteiger partial charge in [0.05, 0.1) is 0 Å². The lowest BCUT2D eigenvalue weighted by Gasteiger charge is -2.20. The fourth-order valence-corrected chi connectivity index (χ4v) is 2.94. The molecule has 2 N–H and O–H groups in total. The van der Waals surface area contributed by atoms with Crippen molar-refractivity contribution in [3.63, 3.8) is 0 Å². The van der Waals surface area contributed by atoms with Crippen LogP contribution in [0.5, 0.6) is 0 Å². The van der Waals surface area contributed by atoms with Gasteiger partial charge >= 0.3 is 0 Å². The summed E-state index contributed by atoms with van der Waals surface area (Å²) in [6.07, 6.45) is 2.10. The molecule has 1 heterocycles. The Morgan fingerprint density at radius 2 is 2.12 bits per heavy atom. The van der Waals surface area contributed by atoms with Crippen molar-refractivity contribution >= 4 is 11.6 Å². The number of ether oxygens (including phenoxy) is 1. The molecule has 1 unspecified atom stereocenters. The summed E-state index contributed by atoms with van der Waals surface area (Å²) >= 11 is 0. The standard InChI is InChI=1S/C20H34N4O/c1-4-21-20(22-12-8-14-25-16-17(2)3)23-18-11-13-24(15-18)19-9-6-5-7-10-19/h5-7,9-10,17-18H,4,8,11-16H2,1-3H3,(H2,21,22,23). The van der Waals surface area contributed by atoms with Gasteiger partial charge in [-0.15, -0.1) is 0 Å². The molecule has 0 radical (unpaired) electrons. The maximum absolute atomic E-state index is 5.62. The molecule has 0 amide bonds. The molecule has 1 aromatic carbocycles. The Morgan fingerprint density at radius 3 is 2.84 bits per heavy atom. The van der Waals surface area contributed by atoms with E-state index in [0.717, 1.165) is 58.2 Å². The molecule has 5 heteroatoms. The Hall–Kier alpha value is -1.75. The molecule has 5 nitrogen and oxygen atoms in total. The van der Waals surface area contributed by atoms with Crippen molar-refractivity contribution in [2.75, 3.05) is 44.3 Å². The van der Waals surface area contributed by atoms with Gasteiger partial charge in [0.1, 0.15) is 0 Å². The summed E-state index contributed by atoms with van der Waals surface area (Å²) in [5.74, 6) is 1.52. The lowest BCUT2D eigenvalue weighted by Crippen LogP contribution is -2.44. The fraction of sp³-hybridized carbons (Fsp3) is 0.650. The molecule has 1 aliphatic rings. The highest BCUT2D eigenvalue weighted by molar-refractivity contribution is 5.80. The second kappa shape index (κ2) is 11.0. The van der Waals surface area contributed by atoms with Crippen LogP contribution in [0.3, 0.4) is 0 Å². The smallest absolute Gasteiger partial charge is 0.191 e. The van der Waals surface area contributed by atoms with Crippen LogP contribution in [-0.2, 0) is 4.74 Å². The molecular formula is C20H34N4O. The number of para-hydroxylation sites is 1. The third-order valence-corrected chi connectivity index (χ3v) is 4.16. The summed E-state index contributed by atoms with van der Waals surface area (Å²) in [7, 11) is 0. The summed E-state index contributed by atoms with van der Waals surface area (Å²) in [6.45, 7) is 11.8. The number of rotatable bonds is 9. The van der Waals surface area contributed by atoms with Crippen LogP contribution in [0.1, 0.15) is 33.6 Å². The molecule has 0 bridgehead atoms. The number of anilines is 1. The molecule has 0 aliphatic carbocycles. The predicted molar refractivity (Wildman–Crippen MR) is 106 cm³/mol. The zero-order chi connectivity index (χ0) is 17.9. The van der Waals surface area contributed by atoms with Gasteiger partial charge in [0, 0.05) is 51.1 Å². The lowest BCUT2D eigenvalue weighted by atomic mass is 10.2. The summed E-state index contributed by atoms with van der Waals surface area (Å²) in [6, 6.07) is 11.1. The Bertz CT molecular complexity index is 504. The van der Waals surface area contributed by atoms with E-state index in [1.807, 2.05) is 0 Å².